The second kappa shape index (κ2) is 7.16. The molecule has 7 heteroatoms. The number of urea groups is 1. The van der Waals surface area contributed by atoms with E-state index in [4.69, 9.17) is 0 Å². The van der Waals surface area contributed by atoms with E-state index in [2.05, 4.69) is 31.9 Å². The van der Waals surface area contributed by atoms with Crippen molar-refractivity contribution in [2.45, 2.75) is 5.72 Å². The van der Waals surface area contributed by atoms with E-state index in [1.165, 1.54) is 0 Å². The number of amides is 3. The summed E-state index contributed by atoms with van der Waals surface area (Å²) in [5.74, 6) is -0.728. The summed E-state index contributed by atoms with van der Waals surface area (Å²) >= 11 is 6.71. The van der Waals surface area contributed by atoms with Gasteiger partial charge in [-0.1, -0.05) is 62.2 Å². The van der Waals surface area contributed by atoms with Crippen LogP contribution in [0.4, 0.5) is 16.2 Å². The van der Waals surface area contributed by atoms with E-state index in [0.29, 0.717) is 16.9 Å². The maximum Gasteiger partial charge on any atom is 0.339 e. The van der Waals surface area contributed by atoms with Crippen molar-refractivity contribution in [1.82, 2.24) is 0 Å². The third-order valence-corrected chi connectivity index (χ3v) is 5.61. The van der Waals surface area contributed by atoms with Crippen LogP contribution >= 0.6 is 31.9 Å². The Kier molecular flexibility index (Phi) is 4.82. The summed E-state index contributed by atoms with van der Waals surface area (Å²) in [6.07, 6.45) is 0. The number of rotatable bonds is 3. The highest BCUT2D eigenvalue weighted by atomic mass is 79.9. The number of benzene rings is 3. The van der Waals surface area contributed by atoms with E-state index < -0.39 is 17.7 Å². The maximum absolute atomic E-state index is 13.4. The topological polar surface area (TPSA) is 60.9 Å². The quantitative estimate of drug-likeness (QED) is 0.512. The third-order valence-electron chi connectivity index (χ3n) is 4.55. The summed E-state index contributed by atoms with van der Waals surface area (Å²) in [6.45, 7) is 0. The van der Waals surface area contributed by atoms with Crippen LogP contribution in [0.15, 0.2) is 87.8 Å². The molecule has 0 spiro atoms. The van der Waals surface area contributed by atoms with Crippen molar-refractivity contribution in [3.8, 4) is 0 Å². The first-order valence-electron chi connectivity index (χ1n) is 8.40. The first kappa shape index (κ1) is 18.9. The zero-order valence-electron chi connectivity index (χ0n) is 14.4. The number of hydrogen-bond donors (Lipinski definition) is 1. The number of hydrogen-bond acceptors (Lipinski definition) is 3. The zero-order valence-corrected chi connectivity index (χ0v) is 17.6. The molecule has 1 fully saturated rings. The molecule has 3 amide bonds. The summed E-state index contributed by atoms with van der Waals surface area (Å²) in [4.78, 5) is 28.8. The smallest absolute Gasteiger partial charge is 0.339 e. The Balaban J connectivity index is 1.90. The second-order valence-corrected chi connectivity index (χ2v) is 8.08. The van der Waals surface area contributed by atoms with Gasteiger partial charge in [-0.3, -0.25) is 9.69 Å². The van der Waals surface area contributed by atoms with E-state index in [9.17, 15) is 14.7 Å². The molecular weight excluding hydrogens is 488 g/mol. The first-order chi connectivity index (χ1) is 13.4. The predicted octanol–water partition coefficient (Wildman–Crippen LogP) is 5.03. The monoisotopic (exact) mass is 500 g/mol. The fourth-order valence-electron chi connectivity index (χ4n) is 3.21. The van der Waals surface area contributed by atoms with Crippen LogP contribution < -0.4 is 9.80 Å². The van der Waals surface area contributed by atoms with Crippen molar-refractivity contribution in [1.29, 1.82) is 0 Å². The van der Waals surface area contributed by atoms with Gasteiger partial charge in [-0.2, -0.15) is 0 Å². The van der Waals surface area contributed by atoms with Crippen molar-refractivity contribution in [3.05, 3.63) is 93.4 Å². The Morgan fingerprint density at radius 1 is 0.714 bits per heavy atom. The lowest BCUT2D eigenvalue weighted by Crippen LogP contribution is -2.47. The molecule has 28 heavy (non-hydrogen) atoms. The SMILES string of the molecule is O=C1N(c2ccc(Br)cc2)C(=O)[C@@](O)(c2ccccc2)N1c1ccc(Br)cc1. The van der Waals surface area contributed by atoms with Gasteiger partial charge in [-0.05, 0) is 48.5 Å². The second-order valence-electron chi connectivity index (χ2n) is 6.25. The van der Waals surface area contributed by atoms with Crippen molar-refractivity contribution in [2.75, 3.05) is 9.80 Å². The molecular formula is C21H14Br2N2O3. The average molecular weight is 502 g/mol. The fourth-order valence-corrected chi connectivity index (χ4v) is 3.73. The minimum atomic E-state index is -2.15. The van der Waals surface area contributed by atoms with Gasteiger partial charge in [0.2, 0.25) is 0 Å². The summed E-state index contributed by atoms with van der Waals surface area (Å²) in [5, 5.41) is 11.6. The molecule has 0 aromatic heterocycles. The molecule has 1 heterocycles. The highest BCUT2D eigenvalue weighted by Crippen LogP contribution is 2.41. The molecule has 1 aliphatic rings. The summed E-state index contributed by atoms with van der Waals surface area (Å²) in [5.41, 5.74) is -1.05. The van der Waals surface area contributed by atoms with E-state index in [1.807, 2.05) is 0 Å². The number of carbonyl (C=O) groups excluding carboxylic acids is 2. The normalized spacial score (nSPS) is 19.4. The Bertz CT molecular complexity index is 1040. The first-order valence-corrected chi connectivity index (χ1v) is 9.99. The van der Waals surface area contributed by atoms with Gasteiger partial charge in [-0.15, -0.1) is 0 Å². The molecule has 3 aromatic rings. The summed E-state index contributed by atoms with van der Waals surface area (Å²) in [7, 11) is 0. The van der Waals surface area contributed by atoms with Gasteiger partial charge < -0.3 is 5.11 Å². The number of anilines is 2. The van der Waals surface area contributed by atoms with Crippen LogP contribution in [0, 0.1) is 0 Å². The summed E-state index contributed by atoms with van der Waals surface area (Å²) < 4.78 is 1.64. The third kappa shape index (κ3) is 2.96. The maximum atomic E-state index is 13.4. The lowest BCUT2D eigenvalue weighted by molar-refractivity contribution is -0.133. The fraction of sp³-hybridized carbons (Fsp3) is 0.0476. The highest BCUT2D eigenvalue weighted by molar-refractivity contribution is 9.10. The van der Waals surface area contributed by atoms with Crippen LogP contribution in [0.3, 0.4) is 0 Å². The van der Waals surface area contributed by atoms with Gasteiger partial charge >= 0.3 is 6.03 Å². The lowest BCUT2D eigenvalue weighted by Gasteiger charge is -2.30. The molecule has 140 valence electrons. The standard InChI is InChI=1S/C21H14Br2N2O3/c22-15-6-10-17(11-7-15)24-19(26)21(28,14-4-2-1-3-5-14)25(20(24)27)18-12-8-16(23)9-13-18/h1-13,28H/t21-/m0/s1. The van der Waals surface area contributed by atoms with E-state index in [0.717, 1.165) is 18.7 Å². The van der Waals surface area contributed by atoms with Gasteiger partial charge in [0.25, 0.3) is 11.6 Å². The Hall–Kier alpha value is -2.48. The van der Waals surface area contributed by atoms with Gasteiger partial charge in [0.15, 0.2) is 0 Å². The van der Waals surface area contributed by atoms with Crippen molar-refractivity contribution in [2.24, 2.45) is 0 Å². The zero-order chi connectivity index (χ0) is 19.9. The minimum Gasteiger partial charge on any atom is -0.359 e. The Morgan fingerprint density at radius 3 is 1.75 bits per heavy atom. The lowest BCUT2D eigenvalue weighted by atomic mass is 10.0. The molecule has 1 N–H and O–H groups in total. The molecule has 1 saturated heterocycles. The van der Waals surface area contributed by atoms with Crippen LogP contribution in [0.25, 0.3) is 0 Å². The van der Waals surface area contributed by atoms with E-state index in [1.54, 1.807) is 78.9 Å². The Labute approximate surface area is 178 Å². The average Bonchev–Trinajstić information content (AvgIpc) is 2.91. The Morgan fingerprint density at radius 2 is 1.21 bits per heavy atom. The molecule has 4 rings (SSSR count). The molecule has 0 aliphatic carbocycles. The van der Waals surface area contributed by atoms with Crippen LogP contribution in [0.1, 0.15) is 5.56 Å². The van der Waals surface area contributed by atoms with Gasteiger partial charge in [0.1, 0.15) is 0 Å². The largest absolute Gasteiger partial charge is 0.359 e. The minimum absolute atomic E-state index is 0.316. The molecule has 5 nitrogen and oxygen atoms in total. The van der Waals surface area contributed by atoms with Crippen LogP contribution in [0.5, 0.6) is 0 Å². The molecule has 0 saturated carbocycles. The molecule has 0 unspecified atom stereocenters. The highest BCUT2D eigenvalue weighted by Gasteiger charge is 2.59. The number of carbonyl (C=O) groups is 2. The van der Waals surface area contributed by atoms with Crippen molar-refractivity contribution < 1.29 is 14.7 Å². The number of aliphatic hydroxyl groups is 1. The van der Waals surface area contributed by atoms with Crippen LogP contribution in [0.2, 0.25) is 0 Å². The molecule has 3 aromatic carbocycles. The molecule has 1 atom stereocenters. The van der Waals surface area contributed by atoms with Gasteiger partial charge in [0.05, 0.1) is 5.69 Å². The van der Waals surface area contributed by atoms with Crippen molar-refractivity contribution >= 4 is 55.2 Å². The molecule has 1 aliphatic heterocycles. The van der Waals surface area contributed by atoms with Gasteiger partial charge in [-0.25, -0.2) is 9.69 Å². The van der Waals surface area contributed by atoms with Crippen LogP contribution in [-0.2, 0) is 10.5 Å². The van der Waals surface area contributed by atoms with Crippen molar-refractivity contribution in [3.63, 3.8) is 0 Å². The van der Waals surface area contributed by atoms with E-state index in [-0.39, 0.29) is 0 Å². The molecule has 0 bridgehead atoms. The number of nitrogens with zero attached hydrogens (tertiary/aromatic N) is 2. The van der Waals surface area contributed by atoms with Gasteiger partial charge in [0, 0.05) is 20.2 Å². The number of imide groups is 1. The predicted molar refractivity (Wildman–Crippen MR) is 114 cm³/mol. The van der Waals surface area contributed by atoms with Crippen LogP contribution in [-0.4, -0.2) is 17.0 Å². The summed E-state index contributed by atoms with van der Waals surface area (Å²) in [6, 6.07) is 21.5. The van der Waals surface area contributed by atoms with E-state index >= 15 is 0 Å². The molecule has 0 radical (unpaired) electrons. The number of halogens is 2.